The van der Waals surface area contributed by atoms with E-state index in [0.29, 0.717) is 23.0 Å². The predicted octanol–water partition coefficient (Wildman–Crippen LogP) is 11.6. The van der Waals surface area contributed by atoms with Crippen molar-refractivity contribution in [3.63, 3.8) is 0 Å². The van der Waals surface area contributed by atoms with Crippen molar-refractivity contribution in [1.29, 1.82) is 5.26 Å². The molecule has 0 bridgehead atoms. The van der Waals surface area contributed by atoms with Crippen molar-refractivity contribution in [2.75, 3.05) is 0 Å². The van der Waals surface area contributed by atoms with Gasteiger partial charge in [0.1, 0.15) is 0 Å². The molecule has 1 unspecified atom stereocenters. The van der Waals surface area contributed by atoms with Gasteiger partial charge >= 0.3 is 0 Å². The molecule has 4 heteroatoms. The van der Waals surface area contributed by atoms with Crippen LogP contribution in [0.5, 0.6) is 0 Å². The van der Waals surface area contributed by atoms with Crippen LogP contribution in [0.15, 0.2) is 127 Å². The highest BCUT2D eigenvalue weighted by Crippen LogP contribution is 2.44. The van der Waals surface area contributed by atoms with Gasteiger partial charge in [0.2, 0.25) is 0 Å². The average Bonchev–Trinajstić information content (AvgIpc) is 3.32. The maximum Gasteiger partial charge on any atom is 0.164 e. The van der Waals surface area contributed by atoms with Crippen LogP contribution in [0.1, 0.15) is 64.0 Å². The number of nitriles is 1. The van der Waals surface area contributed by atoms with E-state index in [0.717, 1.165) is 50.8 Å². The molecule has 1 fully saturated rings. The monoisotopic (exact) mass is 638 g/mol. The highest BCUT2D eigenvalue weighted by atomic mass is 15.0. The molecule has 0 radical (unpaired) electrons. The number of benzene rings is 5. The van der Waals surface area contributed by atoms with Crippen LogP contribution < -0.4 is 0 Å². The fraction of sp³-hybridized carbons (Fsp3) is 0.244. The van der Waals surface area contributed by atoms with Crippen LogP contribution in [0.3, 0.4) is 0 Å². The summed E-state index contributed by atoms with van der Waals surface area (Å²) in [5.74, 6) is 3.37. The van der Waals surface area contributed by atoms with Gasteiger partial charge in [0, 0.05) is 16.7 Å². The lowest BCUT2D eigenvalue weighted by Crippen LogP contribution is -2.25. The molecule has 0 aliphatic heterocycles. The Labute approximate surface area is 290 Å². The minimum Gasteiger partial charge on any atom is -0.208 e. The molecular weight excluding hydrogens is 597 g/mol. The van der Waals surface area contributed by atoms with Gasteiger partial charge in [-0.1, -0.05) is 137 Å². The first-order valence-corrected chi connectivity index (χ1v) is 17.5. The van der Waals surface area contributed by atoms with E-state index < -0.39 is 0 Å². The second kappa shape index (κ2) is 14.0. The van der Waals surface area contributed by atoms with E-state index >= 15 is 0 Å². The normalized spacial score (nSPS) is 19.1. The van der Waals surface area contributed by atoms with Gasteiger partial charge in [-0.15, -0.1) is 0 Å². The Hall–Kier alpha value is -5.40. The molecule has 0 amide bonds. The smallest absolute Gasteiger partial charge is 0.164 e. The maximum atomic E-state index is 9.70. The van der Waals surface area contributed by atoms with Crippen molar-refractivity contribution in [3.05, 3.63) is 139 Å². The molecule has 1 aliphatic rings. The Bertz CT molecular complexity index is 2040. The van der Waals surface area contributed by atoms with Gasteiger partial charge in [0.25, 0.3) is 0 Å². The van der Waals surface area contributed by atoms with Gasteiger partial charge in [0.15, 0.2) is 17.5 Å². The number of nitrogens with zero attached hydrogens (tertiary/aromatic N) is 4. The molecule has 7 rings (SSSR count). The van der Waals surface area contributed by atoms with Crippen LogP contribution in [-0.4, -0.2) is 15.0 Å². The molecule has 1 heterocycles. The Balaban J connectivity index is 1.36. The number of hydrogen-bond acceptors (Lipinski definition) is 4. The van der Waals surface area contributed by atoms with Gasteiger partial charge < -0.3 is 0 Å². The highest BCUT2D eigenvalue weighted by Gasteiger charge is 2.34. The lowest BCUT2D eigenvalue weighted by atomic mass is 9.72. The summed E-state index contributed by atoms with van der Waals surface area (Å²) >= 11 is 0. The van der Waals surface area contributed by atoms with Crippen molar-refractivity contribution in [1.82, 2.24) is 15.0 Å². The zero-order valence-electron chi connectivity index (χ0n) is 28.6. The van der Waals surface area contributed by atoms with Crippen molar-refractivity contribution in [3.8, 4) is 62.5 Å². The van der Waals surface area contributed by atoms with Gasteiger partial charge in [-0.3, -0.25) is 0 Å². The van der Waals surface area contributed by atoms with Gasteiger partial charge in [-0.05, 0) is 88.2 Å². The molecule has 4 nitrogen and oxygen atoms in total. The van der Waals surface area contributed by atoms with Crippen LogP contribution in [0, 0.1) is 23.2 Å². The zero-order valence-corrected chi connectivity index (χ0v) is 28.6. The minimum absolute atomic E-state index is 0.173. The average molecular weight is 639 g/mol. The summed E-state index contributed by atoms with van der Waals surface area (Å²) < 4.78 is 0. The van der Waals surface area contributed by atoms with Gasteiger partial charge in [0.05, 0.1) is 11.6 Å². The molecule has 0 saturated heterocycles. The van der Waals surface area contributed by atoms with Crippen LogP contribution in [0.4, 0.5) is 0 Å². The third-order valence-electron chi connectivity index (χ3n) is 10.3. The highest BCUT2D eigenvalue weighted by molar-refractivity contribution is 5.81. The summed E-state index contributed by atoms with van der Waals surface area (Å²) in [5.41, 5.74) is 9.19. The van der Waals surface area contributed by atoms with Crippen LogP contribution in [-0.2, 0) is 5.41 Å². The number of hydrogen-bond donors (Lipinski definition) is 0. The second-order valence-corrected chi connectivity index (χ2v) is 14.0. The van der Waals surface area contributed by atoms with E-state index in [1.807, 2.05) is 78.9 Å². The minimum atomic E-state index is 0.173. The van der Waals surface area contributed by atoms with Crippen LogP contribution in [0.25, 0.3) is 56.4 Å². The van der Waals surface area contributed by atoms with Gasteiger partial charge in [-0.2, -0.15) is 5.26 Å². The van der Waals surface area contributed by atoms with Crippen molar-refractivity contribution < 1.29 is 0 Å². The SMILES string of the molecule is CC[C@H]1CC[C@@H](C)CC(C)(c2ccc(-c3cc(-c4cccc(C#N)c4)cc(-c4nc(-c5ccccc5)nc(-c5ccccc5)n4)c3)cc2)C1. The molecule has 1 saturated carbocycles. The summed E-state index contributed by atoms with van der Waals surface area (Å²) in [6.45, 7) is 7.24. The van der Waals surface area contributed by atoms with Crippen molar-refractivity contribution in [2.24, 2.45) is 11.8 Å². The fourth-order valence-corrected chi connectivity index (χ4v) is 7.66. The number of rotatable bonds is 7. The third kappa shape index (κ3) is 7.08. The topological polar surface area (TPSA) is 62.5 Å². The van der Waals surface area contributed by atoms with Crippen LogP contribution >= 0.6 is 0 Å². The molecule has 5 aromatic carbocycles. The van der Waals surface area contributed by atoms with Crippen molar-refractivity contribution >= 4 is 0 Å². The first-order valence-electron chi connectivity index (χ1n) is 17.5. The molecule has 0 spiro atoms. The Morgan fingerprint density at radius 3 is 1.73 bits per heavy atom. The van der Waals surface area contributed by atoms with E-state index in [4.69, 9.17) is 15.0 Å². The molecule has 49 heavy (non-hydrogen) atoms. The molecular formula is C45H42N4. The van der Waals surface area contributed by atoms with E-state index in [-0.39, 0.29) is 5.41 Å². The molecule has 6 aromatic rings. The molecule has 1 aliphatic carbocycles. The van der Waals surface area contributed by atoms with Crippen molar-refractivity contribution in [2.45, 2.75) is 58.3 Å². The summed E-state index contributed by atoms with van der Waals surface area (Å²) in [7, 11) is 0. The first-order chi connectivity index (χ1) is 23.9. The van der Waals surface area contributed by atoms with E-state index in [9.17, 15) is 5.26 Å². The Kier molecular flexibility index (Phi) is 9.18. The summed E-state index contributed by atoms with van der Waals surface area (Å²) in [4.78, 5) is 15.0. The quantitative estimate of drug-likeness (QED) is 0.163. The van der Waals surface area contributed by atoms with E-state index in [1.54, 1.807) is 0 Å². The maximum absolute atomic E-state index is 9.70. The Morgan fingerprint density at radius 1 is 0.592 bits per heavy atom. The lowest BCUT2D eigenvalue weighted by molar-refractivity contribution is 0.320. The van der Waals surface area contributed by atoms with Crippen LogP contribution in [0.2, 0.25) is 0 Å². The van der Waals surface area contributed by atoms with E-state index in [1.165, 1.54) is 37.7 Å². The summed E-state index contributed by atoms with van der Waals surface area (Å²) in [6, 6.07) is 46.0. The summed E-state index contributed by atoms with van der Waals surface area (Å²) in [5, 5.41) is 9.70. The molecule has 1 aromatic heterocycles. The third-order valence-corrected chi connectivity index (χ3v) is 10.3. The van der Waals surface area contributed by atoms with Gasteiger partial charge in [-0.25, -0.2) is 15.0 Å². The first kappa shape index (κ1) is 32.2. The molecule has 242 valence electrons. The lowest BCUT2D eigenvalue weighted by Gasteiger charge is -2.33. The fourth-order valence-electron chi connectivity index (χ4n) is 7.66. The Morgan fingerprint density at radius 2 is 1.14 bits per heavy atom. The predicted molar refractivity (Wildman–Crippen MR) is 200 cm³/mol. The molecule has 3 atom stereocenters. The van der Waals surface area contributed by atoms with E-state index in [2.05, 4.69) is 75.4 Å². The largest absolute Gasteiger partial charge is 0.208 e. The molecule has 0 N–H and O–H groups in total. The summed E-state index contributed by atoms with van der Waals surface area (Å²) in [6.07, 6.45) is 6.38. The zero-order chi connectivity index (χ0) is 33.8. The number of aromatic nitrogens is 3. The second-order valence-electron chi connectivity index (χ2n) is 14.0. The standard InChI is InChI=1S/C45H42N4/c1-4-32-19-18-31(2)28-45(3,29-32)41-22-20-34(21-23-41)38-25-39(37-17-11-12-33(24-37)30-46)27-40(26-38)44-48-42(35-13-7-5-8-14-35)47-43(49-44)36-15-9-6-10-16-36/h5-17,20-27,31-32H,4,18-19,28-29H2,1-3H3/t31-,32+,45?/m1/s1.